The number of aryl methyl sites for hydroxylation is 1. The zero-order chi connectivity index (χ0) is 14.4. The van der Waals surface area contributed by atoms with Crippen molar-refractivity contribution in [1.82, 2.24) is 14.5 Å². The fourth-order valence-electron chi connectivity index (χ4n) is 1.68. The van der Waals surface area contributed by atoms with Gasteiger partial charge < -0.3 is 19.9 Å². The minimum absolute atomic E-state index is 0.207. The van der Waals surface area contributed by atoms with Gasteiger partial charge in [-0.2, -0.15) is 0 Å². The second-order valence-corrected chi connectivity index (χ2v) is 4.82. The van der Waals surface area contributed by atoms with Crippen LogP contribution in [-0.2, 0) is 11.3 Å². The number of nitrogen functional groups attached to an aromatic ring is 1. The van der Waals surface area contributed by atoms with Crippen molar-refractivity contribution >= 4 is 11.8 Å². The molecule has 0 aromatic carbocycles. The topological polar surface area (TPSA) is 73.4 Å². The van der Waals surface area contributed by atoms with Crippen LogP contribution in [0, 0.1) is 0 Å². The van der Waals surface area contributed by atoms with Crippen LogP contribution in [0.25, 0.3) is 0 Å². The highest BCUT2D eigenvalue weighted by molar-refractivity contribution is 5.92. The van der Waals surface area contributed by atoms with E-state index in [9.17, 15) is 4.79 Å². The van der Waals surface area contributed by atoms with E-state index in [-0.39, 0.29) is 5.69 Å². The molecule has 0 fully saturated rings. The molecule has 0 aliphatic rings. The quantitative estimate of drug-likeness (QED) is 0.756. The summed E-state index contributed by atoms with van der Waals surface area (Å²) in [6, 6.07) is 0.523. The summed E-state index contributed by atoms with van der Waals surface area (Å²) in [6.45, 7) is 8.12. The van der Waals surface area contributed by atoms with Crippen LogP contribution in [-0.4, -0.2) is 46.7 Å². The predicted molar refractivity (Wildman–Crippen MR) is 75.0 cm³/mol. The molecule has 1 heterocycles. The van der Waals surface area contributed by atoms with Crippen LogP contribution in [0.3, 0.4) is 0 Å². The summed E-state index contributed by atoms with van der Waals surface area (Å²) in [5.74, 6) is -0.0799. The summed E-state index contributed by atoms with van der Waals surface area (Å²) in [6.07, 6.45) is 2.55. The van der Waals surface area contributed by atoms with Crippen molar-refractivity contribution in [2.75, 3.05) is 25.9 Å². The van der Waals surface area contributed by atoms with Crippen molar-refractivity contribution in [3.05, 3.63) is 12.0 Å². The Balaban J connectivity index is 2.54. The van der Waals surface area contributed by atoms with Gasteiger partial charge in [-0.1, -0.05) is 0 Å². The van der Waals surface area contributed by atoms with Crippen molar-refractivity contribution < 1.29 is 9.53 Å². The molecule has 0 amide bonds. The average Bonchev–Trinajstić information content (AvgIpc) is 2.71. The standard InChI is InChI=1S/C13H24N4O2/c1-5-19-13(18)11-12(14)17(9-15-11)8-6-7-16(4)10(2)3/h9-10H,5-8,14H2,1-4H3. The fourth-order valence-corrected chi connectivity index (χ4v) is 1.68. The summed E-state index contributed by atoms with van der Waals surface area (Å²) in [5.41, 5.74) is 6.10. The molecule has 19 heavy (non-hydrogen) atoms. The Bertz CT molecular complexity index is 415. The number of carbonyl (C=O) groups excluding carboxylic acids is 1. The van der Waals surface area contributed by atoms with Gasteiger partial charge in [0.05, 0.1) is 12.9 Å². The van der Waals surface area contributed by atoms with Crippen LogP contribution < -0.4 is 5.73 Å². The normalized spacial score (nSPS) is 11.3. The van der Waals surface area contributed by atoms with E-state index in [2.05, 4.69) is 30.8 Å². The number of imidazole rings is 1. The summed E-state index contributed by atoms with van der Waals surface area (Å²) in [5, 5.41) is 0. The molecule has 0 saturated heterocycles. The Hall–Kier alpha value is -1.56. The summed E-state index contributed by atoms with van der Waals surface area (Å²) in [4.78, 5) is 17.8. The van der Waals surface area contributed by atoms with Gasteiger partial charge in [-0.3, -0.25) is 0 Å². The van der Waals surface area contributed by atoms with Crippen LogP contribution in [0.1, 0.15) is 37.7 Å². The Morgan fingerprint density at radius 1 is 1.58 bits per heavy atom. The van der Waals surface area contributed by atoms with Crippen LogP contribution in [0.5, 0.6) is 0 Å². The number of aromatic nitrogens is 2. The number of ether oxygens (including phenoxy) is 1. The van der Waals surface area contributed by atoms with Crippen molar-refractivity contribution in [2.45, 2.75) is 39.8 Å². The van der Waals surface area contributed by atoms with Crippen LogP contribution in [0.2, 0.25) is 0 Å². The maximum atomic E-state index is 11.6. The first-order chi connectivity index (χ1) is 8.97. The lowest BCUT2D eigenvalue weighted by Crippen LogP contribution is -2.28. The van der Waals surface area contributed by atoms with Gasteiger partial charge in [-0.25, -0.2) is 9.78 Å². The number of hydrogen-bond donors (Lipinski definition) is 1. The van der Waals surface area contributed by atoms with E-state index in [1.165, 1.54) is 0 Å². The van der Waals surface area contributed by atoms with E-state index < -0.39 is 5.97 Å². The summed E-state index contributed by atoms with van der Waals surface area (Å²) >= 11 is 0. The fraction of sp³-hybridized carbons (Fsp3) is 0.692. The minimum Gasteiger partial charge on any atom is -0.461 e. The van der Waals surface area contributed by atoms with Crippen LogP contribution >= 0.6 is 0 Å². The van der Waals surface area contributed by atoms with E-state index >= 15 is 0 Å². The molecule has 0 aliphatic heterocycles. The van der Waals surface area contributed by atoms with Gasteiger partial charge in [0.15, 0.2) is 5.69 Å². The monoisotopic (exact) mass is 268 g/mol. The molecule has 0 atom stereocenters. The molecule has 1 aromatic rings. The Kier molecular flexibility index (Phi) is 5.82. The second kappa shape index (κ2) is 7.13. The number of nitrogens with two attached hydrogens (primary N) is 1. The lowest BCUT2D eigenvalue weighted by molar-refractivity contribution is 0.0521. The van der Waals surface area contributed by atoms with Crippen molar-refractivity contribution in [2.24, 2.45) is 0 Å². The molecule has 0 aliphatic carbocycles. The number of rotatable bonds is 7. The molecule has 6 heteroatoms. The largest absolute Gasteiger partial charge is 0.461 e. The lowest BCUT2D eigenvalue weighted by Gasteiger charge is -2.20. The van der Waals surface area contributed by atoms with Gasteiger partial charge in [0, 0.05) is 12.6 Å². The summed E-state index contributed by atoms with van der Waals surface area (Å²) in [7, 11) is 2.09. The van der Waals surface area contributed by atoms with Gasteiger partial charge in [0.1, 0.15) is 5.82 Å². The molecule has 108 valence electrons. The van der Waals surface area contributed by atoms with Gasteiger partial charge in [-0.15, -0.1) is 0 Å². The first kappa shape index (κ1) is 15.5. The molecule has 2 N–H and O–H groups in total. The zero-order valence-electron chi connectivity index (χ0n) is 12.2. The predicted octanol–water partition coefficient (Wildman–Crippen LogP) is 1.37. The molecule has 1 rings (SSSR count). The molecule has 0 saturated carbocycles. The zero-order valence-corrected chi connectivity index (χ0v) is 12.2. The Labute approximate surface area is 114 Å². The summed E-state index contributed by atoms with van der Waals surface area (Å²) < 4.78 is 6.69. The maximum Gasteiger partial charge on any atom is 0.360 e. The Morgan fingerprint density at radius 3 is 2.84 bits per heavy atom. The first-order valence-corrected chi connectivity index (χ1v) is 6.65. The third kappa shape index (κ3) is 4.24. The van der Waals surface area contributed by atoms with Gasteiger partial charge >= 0.3 is 5.97 Å². The van der Waals surface area contributed by atoms with Gasteiger partial charge in [0.25, 0.3) is 0 Å². The van der Waals surface area contributed by atoms with Crippen molar-refractivity contribution in [1.29, 1.82) is 0 Å². The first-order valence-electron chi connectivity index (χ1n) is 6.65. The number of esters is 1. The van der Waals surface area contributed by atoms with Crippen LogP contribution in [0.4, 0.5) is 5.82 Å². The Morgan fingerprint density at radius 2 is 2.26 bits per heavy atom. The van der Waals surface area contributed by atoms with Crippen molar-refractivity contribution in [3.63, 3.8) is 0 Å². The highest BCUT2D eigenvalue weighted by Gasteiger charge is 2.16. The molecule has 0 unspecified atom stereocenters. The van der Waals surface area contributed by atoms with E-state index in [1.807, 2.05) is 0 Å². The van der Waals surface area contributed by atoms with E-state index in [1.54, 1.807) is 17.8 Å². The molecule has 1 aromatic heterocycles. The lowest BCUT2D eigenvalue weighted by atomic mass is 10.3. The highest BCUT2D eigenvalue weighted by atomic mass is 16.5. The van der Waals surface area contributed by atoms with Gasteiger partial charge in [0.2, 0.25) is 0 Å². The number of nitrogens with zero attached hydrogens (tertiary/aromatic N) is 3. The molecular formula is C13H24N4O2. The van der Waals surface area contributed by atoms with E-state index in [0.717, 1.165) is 19.5 Å². The number of anilines is 1. The van der Waals surface area contributed by atoms with E-state index in [0.29, 0.717) is 18.5 Å². The third-order valence-corrected chi connectivity index (χ3v) is 3.14. The third-order valence-electron chi connectivity index (χ3n) is 3.14. The van der Waals surface area contributed by atoms with Crippen molar-refractivity contribution in [3.8, 4) is 0 Å². The van der Waals surface area contributed by atoms with E-state index in [4.69, 9.17) is 10.5 Å². The average molecular weight is 268 g/mol. The van der Waals surface area contributed by atoms with Crippen LogP contribution in [0.15, 0.2) is 6.33 Å². The maximum absolute atomic E-state index is 11.6. The number of carbonyl (C=O) groups is 1. The second-order valence-electron chi connectivity index (χ2n) is 4.82. The molecule has 0 bridgehead atoms. The SMILES string of the molecule is CCOC(=O)c1ncn(CCCN(C)C(C)C)c1N. The highest BCUT2D eigenvalue weighted by Crippen LogP contribution is 2.12. The van der Waals surface area contributed by atoms with Gasteiger partial charge in [-0.05, 0) is 40.8 Å². The minimum atomic E-state index is -0.460. The molecule has 0 spiro atoms. The molecule has 0 radical (unpaired) electrons. The molecular weight excluding hydrogens is 244 g/mol. The molecule has 6 nitrogen and oxygen atoms in total. The number of hydrogen-bond acceptors (Lipinski definition) is 5. The smallest absolute Gasteiger partial charge is 0.360 e.